The Kier molecular flexibility index (Phi) is 3.85. The molecule has 2 rings (SSSR count). The van der Waals surface area contributed by atoms with Crippen LogP contribution in [0.3, 0.4) is 0 Å². The fraction of sp³-hybridized carbons (Fsp3) is 0.429. The van der Waals surface area contributed by atoms with Gasteiger partial charge in [0.1, 0.15) is 0 Å². The monoisotopic (exact) mass is 261 g/mol. The molecule has 5 nitrogen and oxygen atoms in total. The molecule has 1 aliphatic heterocycles. The van der Waals surface area contributed by atoms with E-state index in [4.69, 9.17) is 5.73 Å². The lowest BCUT2D eigenvalue weighted by Crippen LogP contribution is -2.39. The van der Waals surface area contributed by atoms with Gasteiger partial charge in [0.05, 0.1) is 12.1 Å². The van der Waals surface area contributed by atoms with Crippen molar-refractivity contribution in [3.63, 3.8) is 0 Å². The summed E-state index contributed by atoms with van der Waals surface area (Å²) in [7, 11) is 0. The molecule has 0 radical (unpaired) electrons. The Morgan fingerprint density at radius 1 is 1.37 bits per heavy atom. The summed E-state index contributed by atoms with van der Waals surface area (Å²) >= 11 is 0. The third-order valence-corrected chi connectivity index (χ3v) is 3.30. The number of nitrogens with one attached hydrogen (secondary N) is 2. The summed E-state index contributed by atoms with van der Waals surface area (Å²) in [5.41, 5.74) is 8.52. The van der Waals surface area contributed by atoms with Gasteiger partial charge in [-0.15, -0.1) is 0 Å². The van der Waals surface area contributed by atoms with Gasteiger partial charge in [0.2, 0.25) is 11.8 Å². The lowest BCUT2D eigenvalue weighted by molar-refractivity contribution is -0.122. The molecule has 2 amide bonds. The van der Waals surface area contributed by atoms with Crippen molar-refractivity contribution in [3.05, 3.63) is 29.3 Å². The molecule has 5 heteroatoms. The first-order valence-electron chi connectivity index (χ1n) is 6.46. The highest BCUT2D eigenvalue weighted by molar-refractivity contribution is 5.93. The second-order valence-electron chi connectivity index (χ2n) is 4.98. The van der Waals surface area contributed by atoms with Crippen LogP contribution in [0.5, 0.6) is 0 Å². The van der Waals surface area contributed by atoms with Crippen LogP contribution in [0.25, 0.3) is 0 Å². The van der Waals surface area contributed by atoms with Crippen LogP contribution in [0, 0.1) is 0 Å². The van der Waals surface area contributed by atoms with Gasteiger partial charge in [0.15, 0.2) is 0 Å². The van der Waals surface area contributed by atoms with Crippen LogP contribution in [-0.4, -0.2) is 17.9 Å². The largest absolute Gasteiger partial charge is 0.348 e. The number of carbonyl (C=O) groups excluding carboxylic acids is 2. The first-order chi connectivity index (χ1) is 8.97. The van der Waals surface area contributed by atoms with E-state index in [1.807, 2.05) is 25.1 Å². The molecule has 0 saturated carbocycles. The van der Waals surface area contributed by atoms with E-state index in [9.17, 15) is 9.59 Å². The number of hydrogen-bond donors (Lipinski definition) is 3. The second kappa shape index (κ2) is 5.40. The average Bonchev–Trinajstić information content (AvgIpc) is 2.37. The molecule has 19 heavy (non-hydrogen) atoms. The van der Waals surface area contributed by atoms with Crippen molar-refractivity contribution in [1.82, 2.24) is 5.32 Å². The summed E-state index contributed by atoms with van der Waals surface area (Å²) < 4.78 is 0. The molecule has 0 bridgehead atoms. The molecule has 102 valence electrons. The molecule has 0 aliphatic carbocycles. The Hall–Kier alpha value is -1.88. The fourth-order valence-electron chi connectivity index (χ4n) is 2.10. The zero-order valence-corrected chi connectivity index (χ0v) is 11.2. The number of anilines is 1. The van der Waals surface area contributed by atoms with Gasteiger partial charge < -0.3 is 16.4 Å². The maximum Gasteiger partial charge on any atom is 0.237 e. The molecule has 1 heterocycles. The van der Waals surface area contributed by atoms with Crippen LogP contribution in [0.15, 0.2) is 18.2 Å². The predicted octanol–water partition coefficient (Wildman–Crippen LogP) is 1.10. The van der Waals surface area contributed by atoms with Gasteiger partial charge in [-0.25, -0.2) is 0 Å². The van der Waals surface area contributed by atoms with Crippen LogP contribution < -0.4 is 16.4 Å². The normalized spacial score (nSPS) is 17.1. The number of benzene rings is 1. The molecule has 0 aromatic heterocycles. The van der Waals surface area contributed by atoms with Crippen molar-refractivity contribution >= 4 is 17.5 Å². The van der Waals surface area contributed by atoms with E-state index < -0.39 is 6.04 Å². The summed E-state index contributed by atoms with van der Waals surface area (Å²) in [6.07, 6.45) is 1.25. The molecule has 0 spiro atoms. The third-order valence-electron chi connectivity index (χ3n) is 3.30. The van der Waals surface area contributed by atoms with Crippen molar-refractivity contribution < 1.29 is 9.59 Å². The molecule has 1 unspecified atom stereocenters. The summed E-state index contributed by atoms with van der Waals surface area (Å²) in [5.74, 6) is -0.114. The fourth-order valence-corrected chi connectivity index (χ4v) is 2.10. The van der Waals surface area contributed by atoms with Crippen LogP contribution >= 0.6 is 0 Å². The van der Waals surface area contributed by atoms with Crippen molar-refractivity contribution in [2.45, 2.75) is 38.8 Å². The molecule has 1 aromatic rings. The second-order valence-corrected chi connectivity index (χ2v) is 4.98. The first kappa shape index (κ1) is 13.5. The van der Waals surface area contributed by atoms with Crippen molar-refractivity contribution in [2.75, 3.05) is 5.32 Å². The minimum atomic E-state index is -0.514. The maximum atomic E-state index is 11.6. The van der Waals surface area contributed by atoms with E-state index in [1.165, 1.54) is 0 Å². The first-order valence-corrected chi connectivity index (χ1v) is 6.46. The summed E-state index contributed by atoms with van der Waals surface area (Å²) in [4.78, 5) is 22.8. The highest BCUT2D eigenvalue weighted by Gasteiger charge is 2.17. The number of rotatable bonds is 3. The number of nitrogens with two attached hydrogens (primary N) is 1. The van der Waals surface area contributed by atoms with Gasteiger partial charge in [0.25, 0.3) is 0 Å². The zero-order chi connectivity index (χ0) is 14.0. The van der Waals surface area contributed by atoms with Gasteiger partial charge in [-0.2, -0.15) is 0 Å². The van der Waals surface area contributed by atoms with E-state index in [1.54, 1.807) is 6.92 Å². The van der Waals surface area contributed by atoms with Gasteiger partial charge in [0, 0.05) is 12.1 Å². The van der Waals surface area contributed by atoms with E-state index in [-0.39, 0.29) is 17.9 Å². The van der Waals surface area contributed by atoms with Crippen LogP contribution in [0.1, 0.15) is 37.4 Å². The molecule has 4 N–H and O–H groups in total. The average molecular weight is 261 g/mol. The smallest absolute Gasteiger partial charge is 0.237 e. The molecule has 2 atom stereocenters. The van der Waals surface area contributed by atoms with Gasteiger partial charge in [-0.1, -0.05) is 12.1 Å². The van der Waals surface area contributed by atoms with E-state index in [0.717, 1.165) is 23.2 Å². The van der Waals surface area contributed by atoms with Gasteiger partial charge in [-0.3, -0.25) is 9.59 Å². The van der Waals surface area contributed by atoms with Gasteiger partial charge in [-0.05, 0) is 37.5 Å². The number of aryl methyl sites for hydroxylation is 1. The Morgan fingerprint density at radius 2 is 2.11 bits per heavy atom. The van der Waals surface area contributed by atoms with E-state index >= 15 is 0 Å². The van der Waals surface area contributed by atoms with Crippen LogP contribution in [0.4, 0.5) is 5.69 Å². The summed E-state index contributed by atoms with van der Waals surface area (Å²) in [6.45, 7) is 3.58. The molecular weight excluding hydrogens is 242 g/mol. The quantitative estimate of drug-likeness (QED) is 0.761. The molecular formula is C14H19N3O2. The topological polar surface area (TPSA) is 84.2 Å². The van der Waals surface area contributed by atoms with E-state index in [0.29, 0.717) is 6.42 Å². The zero-order valence-electron chi connectivity index (χ0n) is 11.2. The van der Waals surface area contributed by atoms with Crippen LogP contribution in [-0.2, 0) is 16.0 Å². The van der Waals surface area contributed by atoms with Crippen LogP contribution in [0.2, 0.25) is 0 Å². The Morgan fingerprint density at radius 3 is 2.79 bits per heavy atom. The molecule has 1 aromatic carbocycles. The standard InChI is InChI=1S/C14H19N3O2/c1-8(15)14(19)16-9(2)10-3-5-12-11(7-10)4-6-13(18)17-12/h3,5,7-9H,4,6,15H2,1-2H3,(H,16,19)(H,17,18)/t8-,9?/m1/s1. The SMILES string of the molecule is CC(NC(=O)[C@@H](C)N)c1ccc2c(c1)CCC(=O)N2. The number of amides is 2. The Balaban J connectivity index is 2.13. The molecule has 0 saturated heterocycles. The summed E-state index contributed by atoms with van der Waals surface area (Å²) in [5, 5.41) is 5.70. The number of carbonyl (C=O) groups is 2. The number of fused-ring (bicyclic) bond motifs is 1. The predicted molar refractivity (Wildman–Crippen MR) is 73.6 cm³/mol. The highest BCUT2D eigenvalue weighted by Crippen LogP contribution is 2.26. The molecule has 1 aliphatic rings. The summed E-state index contributed by atoms with van der Waals surface area (Å²) in [6, 6.07) is 5.22. The Bertz CT molecular complexity index is 511. The van der Waals surface area contributed by atoms with E-state index in [2.05, 4.69) is 10.6 Å². The minimum absolute atomic E-state index is 0.0542. The lowest BCUT2D eigenvalue weighted by atomic mass is 9.97. The Labute approximate surface area is 112 Å². The van der Waals surface area contributed by atoms with Gasteiger partial charge >= 0.3 is 0 Å². The molecule has 0 fully saturated rings. The van der Waals surface area contributed by atoms with Crippen molar-refractivity contribution in [1.29, 1.82) is 0 Å². The van der Waals surface area contributed by atoms with Crippen molar-refractivity contribution in [3.8, 4) is 0 Å². The van der Waals surface area contributed by atoms with Crippen molar-refractivity contribution in [2.24, 2.45) is 5.73 Å². The number of hydrogen-bond acceptors (Lipinski definition) is 3. The minimum Gasteiger partial charge on any atom is -0.348 e. The highest BCUT2D eigenvalue weighted by atomic mass is 16.2. The maximum absolute atomic E-state index is 11.6. The lowest BCUT2D eigenvalue weighted by Gasteiger charge is -2.21. The third kappa shape index (κ3) is 3.12.